The summed E-state index contributed by atoms with van der Waals surface area (Å²) in [7, 11) is 0. The number of rotatable bonds is 3. The van der Waals surface area contributed by atoms with Gasteiger partial charge < -0.3 is 14.4 Å². The zero-order valence-electron chi connectivity index (χ0n) is 10.6. The number of morpholine rings is 1. The summed E-state index contributed by atoms with van der Waals surface area (Å²) in [5.74, 6) is 0.391. The number of hydrogen-bond acceptors (Lipinski definition) is 3. The van der Waals surface area contributed by atoms with E-state index < -0.39 is 0 Å². The van der Waals surface area contributed by atoms with Gasteiger partial charge in [-0.15, -0.1) is 0 Å². The van der Waals surface area contributed by atoms with E-state index in [0.29, 0.717) is 35.5 Å². The van der Waals surface area contributed by atoms with E-state index in [1.54, 1.807) is 23.1 Å². The number of hydrogen-bond donors (Lipinski definition) is 0. The highest BCUT2D eigenvalue weighted by Crippen LogP contribution is 2.27. The Morgan fingerprint density at radius 1 is 1.53 bits per heavy atom. The second-order valence-electron chi connectivity index (χ2n) is 4.38. The van der Waals surface area contributed by atoms with Crippen LogP contribution in [0.2, 0.25) is 10.0 Å². The van der Waals surface area contributed by atoms with Crippen molar-refractivity contribution in [3.8, 4) is 5.75 Å². The second kappa shape index (κ2) is 6.46. The van der Waals surface area contributed by atoms with Gasteiger partial charge in [0.25, 0.3) is 5.91 Å². The predicted molar refractivity (Wildman–Crippen MR) is 74.0 cm³/mol. The van der Waals surface area contributed by atoms with Crippen LogP contribution < -0.4 is 4.74 Å². The highest BCUT2D eigenvalue weighted by molar-refractivity contribution is 6.35. The van der Waals surface area contributed by atoms with Gasteiger partial charge in [-0.25, -0.2) is 0 Å². The highest BCUT2D eigenvalue weighted by atomic mass is 35.5. The Morgan fingerprint density at radius 3 is 3.00 bits per heavy atom. The van der Waals surface area contributed by atoms with E-state index in [4.69, 9.17) is 32.7 Å². The summed E-state index contributed by atoms with van der Waals surface area (Å²) in [5, 5.41) is 0.932. The molecule has 1 aromatic rings. The van der Waals surface area contributed by atoms with Crippen LogP contribution in [0.3, 0.4) is 0 Å². The van der Waals surface area contributed by atoms with Gasteiger partial charge in [0, 0.05) is 18.1 Å². The summed E-state index contributed by atoms with van der Waals surface area (Å²) in [6, 6.07) is 4.91. The minimum atomic E-state index is -0.0684. The van der Waals surface area contributed by atoms with Gasteiger partial charge in [-0.2, -0.15) is 0 Å². The van der Waals surface area contributed by atoms with E-state index in [0.717, 1.165) is 0 Å². The third kappa shape index (κ3) is 4.00. The lowest BCUT2D eigenvalue weighted by Gasteiger charge is -2.31. The third-order valence-corrected chi connectivity index (χ3v) is 3.37. The minimum absolute atomic E-state index is 0.0337. The predicted octanol–water partition coefficient (Wildman–Crippen LogP) is 2.62. The molecule has 0 spiro atoms. The standard InChI is InChI=1S/C13H15Cl2NO3/c1-9-7-16(4-5-18-9)13(17)8-19-12-3-2-10(14)6-11(12)15/h2-3,6,9H,4-5,7-8H2,1H3/t9-/m0/s1. The molecule has 0 unspecified atom stereocenters. The molecule has 1 aliphatic rings. The maximum absolute atomic E-state index is 12.0. The Balaban J connectivity index is 1.89. The van der Waals surface area contributed by atoms with Crippen LogP contribution in [0.1, 0.15) is 6.92 Å². The van der Waals surface area contributed by atoms with Gasteiger partial charge in [-0.05, 0) is 25.1 Å². The van der Waals surface area contributed by atoms with Gasteiger partial charge in [0.1, 0.15) is 5.75 Å². The molecule has 0 saturated carbocycles. The van der Waals surface area contributed by atoms with Crippen molar-refractivity contribution >= 4 is 29.1 Å². The number of carbonyl (C=O) groups is 1. The molecule has 1 amide bonds. The number of benzene rings is 1. The Labute approximate surface area is 122 Å². The first-order chi connectivity index (χ1) is 9.06. The largest absolute Gasteiger partial charge is 0.482 e. The van der Waals surface area contributed by atoms with Crippen molar-refractivity contribution in [2.45, 2.75) is 13.0 Å². The lowest BCUT2D eigenvalue weighted by Crippen LogP contribution is -2.46. The fourth-order valence-corrected chi connectivity index (χ4v) is 2.33. The molecule has 0 N–H and O–H groups in total. The highest BCUT2D eigenvalue weighted by Gasteiger charge is 2.21. The first-order valence-electron chi connectivity index (χ1n) is 6.03. The van der Waals surface area contributed by atoms with Gasteiger partial charge in [-0.1, -0.05) is 23.2 Å². The van der Waals surface area contributed by atoms with Crippen molar-refractivity contribution in [2.75, 3.05) is 26.3 Å². The summed E-state index contributed by atoms with van der Waals surface area (Å²) >= 11 is 11.8. The van der Waals surface area contributed by atoms with Crippen molar-refractivity contribution in [2.24, 2.45) is 0 Å². The second-order valence-corrected chi connectivity index (χ2v) is 5.23. The fraction of sp³-hybridized carbons (Fsp3) is 0.462. The lowest BCUT2D eigenvalue weighted by atomic mass is 10.3. The third-order valence-electron chi connectivity index (χ3n) is 2.84. The van der Waals surface area contributed by atoms with Crippen LogP contribution in [0.5, 0.6) is 5.75 Å². The first kappa shape index (κ1) is 14.4. The summed E-state index contributed by atoms with van der Waals surface area (Å²) < 4.78 is 10.8. The Kier molecular flexibility index (Phi) is 4.91. The maximum atomic E-state index is 12.0. The molecule has 1 aliphatic heterocycles. The molecule has 6 heteroatoms. The zero-order chi connectivity index (χ0) is 13.8. The normalized spacial score (nSPS) is 19.3. The number of nitrogens with zero attached hydrogens (tertiary/aromatic N) is 1. The molecule has 2 rings (SSSR count). The van der Waals surface area contributed by atoms with Gasteiger partial charge in [0.2, 0.25) is 0 Å². The Morgan fingerprint density at radius 2 is 2.32 bits per heavy atom. The molecule has 1 saturated heterocycles. The van der Waals surface area contributed by atoms with Crippen LogP contribution in [0.25, 0.3) is 0 Å². The molecule has 19 heavy (non-hydrogen) atoms. The maximum Gasteiger partial charge on any atom is 0.260 e. The van der Waals surface area contributed by atoms with Crippen LogP contribution in [0.4, 0.5) is 0 Å². The average molecular weight is 304 g/mol. The summed E-state index contributed by atoms with van der Waals surface area (Å²) in [6.07, 6.45) is 0.0665. The smallest absolute Gasteiger partial charge is 0.260 e. The number of ether oxygens (including phenoxy) is 2. The molecule has 0 bridgehead atoms. The zero-order valence-corrected chi connectivity index (χ0v) is 12.1. The van der Waals surface area contributed by atoms with Crippen LogP contribution in [0, 0.1) is 0 Å². The Bertz CT molecular complexity index is 467. The Hall–Kier alpha value is -0.970. The van der Waals surface area contributed by atoms with Gasteiger partial charge >= 0.3 is 0 Å². The van der Waals surface area contributed by atoms with Crippen LogP contribution in [0.15, 0.2) is 18.2 Å². The quantitative estimate of drug-likeness (QED) is 0.861. The number of halogens is 2. The summed E-state index contributed by atoms with van der Waals surface area (Å²) in [5.41, 5.74) is 0. The summed E-state index contributed by atoms with van der Waals surface area (Å²) in [4.78, 5) is 13.7. The van der Waals surface area contributed by atoms with Gasteiger partial charge in [0.05, 0.1) is 17.7 Å². The van der Waals surface area contributed by atoms with E-state index in [9.17, 15) is 4.79 Å². The van der Waals surface area contributed by atoms with E-state index in [1.807, 2.05) is 6.92 Å². The van der Waals surface area contributed by atoms with Crippen molar-refractivity contribution in [1.82, 2.24) is 4.90 Å². The molecule has 1 aromatic carbocycles. The van der Waals surface area contributed by atoms with E-state index in [-0.39, 0.29) is 18.6 Å². The van der Waals surface area contributed by atoms with E-state index >= 15 is 0 Å². The SMILES string of the molecule is C[C@H]1CN(C(=O)COc2ccc(Cl)cc2Cl)CCO1. The fourth-order valence-electron chi connectivity index (χ4n) is 1.87. The van der Waals surface area contributed by atoms with Gasteiger partial charge in [-0.3, -0.25) is 4.79 Å². The molecule has 104 valence electrons. The van der Waals surface area contributed by atoms with Crippen molar-refractivity contribution < 1.29 is 14.3 Å². The van der Waals surface area contributed by atoms with Crippen LogP contribution in [-0.2, 0) is 9.53 Å². The molecule has 0 aliphatic carbocycles. The van der Waals surface area contributed by atoms with E-state index in [2.05, 4.69) is 0 Å². The van der Waals surface area contributed by atoms with Crippen molar-refractivity contribution in [3.63, 3.8) is 0 Å². The summed E-state index contributed by atoms with van der Waals surface area (Å²) in [6.45, 7) is 3.66. The first-order valence-corrected chi connectivity index (χ1v) is 6.79. The van der Waals surface area contributed by atoms with Crippen molar-refractivity contribution in [1.29, 1.82) is 0 Å². The molecule has 0 aromatic heterocycles. The van der Waals surface area contributed by atoms with Crippen molar-refractivity contribution in [3.05, 3.63) is 28.2 Å². The topological polar surface area (TPSA) is 38.8 Å². The molecule has 0 radical (unpaired) electrons. The van der Waals surface area contributed by atoms with Crippen LogP contribution >= 0.6 is 23.2 Å². The molecule has 4 nitrogen and oxygen atoms in total. The van der Waals surface area contributed by atoms with E-state index in [1.165, 1.54) is 0 Å². The lowest BCUT2D eigenvalue weighted by molar-refractivity contribution is -0.140. The van der Waals surface area contributed by atoms with Crippen LogP contribution in [-0.4, -0.2) is 43.2 Å². The monoisotopic (exact) mass is 303 g/mol. The number of carbonyl (C=O) groups excluding carboxylic acids is 1. The number of amides is 1. The molecular weight excluding hydrogens is 289 g/mol. The average Bonchev–Trinajstić information content (AvgIpc) is 2.37. The van der Waals surface area contributed by atoms with Gasteiger partial charge in [0.15, 0.2) is 6.61 Å². The molecular formula is C13H15Cl2NO3. The molecule has 1 heterocycles. The molecule has 1 fully saturated rings. The minimum Gasteiger partial charge on any atom is -0.482 e. The molecule has 1 atom stereocenters.